The first kappa shape index (κ1) is 8.52. The van der Waals surface area contributed by atoms with Crippen LogP contribution in [-0.4, -0.2) is 10.9 Å². The average molecular weight is 202 g/mol. The summed E-state index contributed by atoms with van der Waals surface area (Å²) in [6.45, 7) is 2.27. The smallest absolute Gasteiger partial charge is 0.0930 e. The fourth-order valence-electron chi connectivity index (χ4n) is 1.67. The number of nitrogens with zero attached hydrogens (tertiary/aromatic N) is 1. The minimum atomic E-state index is 0.388. The first-order valence-electron chi connectivity index (χ1n) is 4.21. The van der Waals surface area contributed by atoms with Gasteiger partial charge in [-0.1, -0.05) is 6.92 Å². The Balaban J connectivity index is 2.04. The molecule has 1 aromatic rings. The second kappa shape index (κ2) is 3.00. The van der Waals surface area contributed by atoms with E-state index < -0.39 is 0 Å². The second-order valence-electron chi connectivity index (χ2n) is 3.70. The van der Waals surface area contributed by atoms with Crippen molar-refractivity contribution in [1.82, 2.24) is 4.98 Å². The first-order chi connectivity index (χ1) is 5.77. The molecule has 0 aliphatic heterocycles. The molecule has 0 N–H and O–H groups in total. The Morgan fingerprint density at radius 3 is 3.00 bits per heavy atom. The molecule has 1 aliphatic carbocycles. The molecule has 1 saturated carbocycles. The van der Waals surface area contributed by atoms with Crippen LogP contribution in [0.2, 0.25) is 0 Å². The fourth-order valence-corrected chi connectivity index (χ4v) is 2.91. The summed E-state index contributed by atoms with van der Waals surface area (Å²) >= 11 is 7.68. The van der Waals surface area contributed by atoms with Crippen LogP contribution in [0.15, 0.2) is 11.6 Å². The third-order valence-electron chi connectivity index (χ3n) is 2.85. The monoisotopic (exact) mass is 201 g/mol. The lowest BCUT2D eigenvalue weighted by molar-refractivity contribution is 0.523. The largest absolute Gasteiger partial charge is 0.250 e. The summed E-state index contributed by atoms with van der Waals surface area (Å²) < 4.78 is 0. The van der Waals surface area contributed by atoms with Crippen molar-refractivity contribution < 1.29 is 0 Å². The third kappa shape index (κ3) is 1.38. The van der Waals surface area contributed by atoms with Crippen molar-refractivity contribution in [1.29, 1.82) is 0 Å². The van der Waals surface area contributed by atoms with Crippen molar-refractivity contribution >= 4 is 22.9 Å². The highest BCUT2D eigenvalue weighted by Gasteiger charge is 2.50. The zero-order chi connectivity index (χ0) is 8.60. The van der Waals surface area contributed by atoms with Gasteiger partial charge in [0.15, 0.2) is 0 Å². The predicted molar refractivity (Wildman–Crippen MR) is 52.8 cm³/mol. The number of thiazole rings is 1. The van der Waals surface area contributed by atoms with Gasteiger partial charge < -0.3 is 0 Å². The van der Waals surface area contributed by atoms with Gasteiger partial charge in [-0.25, -0.2) is 4.98 Å². The molecule has 0 aromatic carbocycles. The number of halogens is 1. The van der Waals surface area contributed by atoms with Gasteiger partial charge >= 0.3 is 0 Å². The Morgan fingerprint density at radius 2 is 2.58 bits per heavy atom. The van der Waals surface area contributed by atoms with Crippen LogP contribution >= 0.6 is 22.9 Å². The van der Waals surface area contributed by atoms with Gasteiger partial charge in [0.1, 0.15) is 0 Å². The summed E-state index contributed by atoms with van der Waals surface area (Å²) in [5.41, 5.74) is 0.388. The minimum absolute atomic E-state index is 0.388. The van der Waals surface area contributed by atoms with Gasteiger partial charge in [0.25, 0.3) is 0 Å². The van der Waals surface area contributed by atoms with Crippen LogP contribution in [0.25, 0.3) is 0 Å². The number of hydrogen-bond donors (Lipinski definition) is 0. The van der Waals surface area contributed by atoms with Crippen LogP contribution in [0.3, 0.4) is 0 Å². The quantitative estimate of drug-likeness (QED) is 0.686. The van der Waals surface area contributed by atoms with Gasteiger partial charge in [-0.05, 0) is 17.8 Å². The Labute approximate surface area is 81.8 Å². The Morgan fingerprint density at radius 1 is 1.83 bits per heavy atom. The number of hydrogen-bond acceptors (Lipinski definition) is 2. The van der Waals surface area contributed by atoms with E-state index in [1.807, 2.05) is 11.6 Å². The molecule has 0 radical (unpaired) electrons. The van der Waals surface area contributed by atoms with Crippen molar-refractivity contribution in [2.24, 2.45) is 11.3 Å². The standard InChI is InChI=1S/C9H12ClNS/c1-7-4-9(7,6-10)5-8-11-2-3-12-8/h2-3,7H,4-6H2,1H3. The summed E-state index contributed by atoms with van der Waals surface area (Å²) in [6, 6.07) is 0. The Bertz CT molecular complexity index is 256. The molecule has 2 atom stereocenters. The maximum Gasteiger partial charge on any atom is 0.0930 e. The van der Waals surface area contributed by atoms with E-state index in [0.717, 1.165) is 18.2 Å². The van der Waals surface area contributed by atoms with E-state index >= 15 is 0 Å². The highest BCUT2D eigenvalue weighted by Crippen LogP contribution is 2.55. The zero-order valence-electron chi connectivity index (χ0n) is 7.09. The SMILES string of the molecule is CC1CC1(CCl)Cc1nccs1. The summed E-state index contributed by atoms with van der Waals surface area (Å²) in [5, 5.41) is 3.27. The molecule has 12 heavy (non-hydrogen) atoms. The van der Waals surface area contributed by atoms with Crippen LogP contribution in [0.5, 0.6) is 0 Å². The van der Waals surface area contributed by atoms with Gasteiger partial charge in [0.05, 0.1) is 5.01 Å². The van der Waals surface area contributed by atoms with E-state index in [0.29, 0.717) is 5.41 Å². The molecule has 0 saturated heterocycles. The number of alkyl halides is 1. The molecule has 0 bridgehead atoms. The topological polar surface area (TPSA) is 12.9 Å². The summed E-state index contributed by atoms with van der Waals surface area (Å²) in [4.78, 5) is 4.28. The van der Waals surface area contributed by atoms with E-state index in [2.05, 4.69) is 11.9 Å². The average Bonchev–Trinajstić information content (AvgIpc) is 2.51. The molecule has 0 amide bonds. The fraction of sp³-hybridized carbons (Fsp3) is 0.667. The van der Waals surface area contributed by atoms with Gasteiger partial charge in [-0.15, -0.1) is 22.9 Å². The molecule has 1 aliphatic rings. The van der Waals surface area contributed by atoms with Crippen molar-refractivity contribution in [3.63, 3.8) is 0 Å². The molecule has 0 spiro atoms. The van der Waals surface area contributed by atoms with Crippen LogP contribution in [0.4, 0.5) is 0 Å². The molecule has 1 fully saturated rings. The maximum absolute atomic E-state index is 5.94. The van der Waals surface area contributed by atoms with E-state index in [9.17, 15) is 0 Å². The molecule has 1 heterocycles. The summed E-state index contributed by atoms with van der Waals surface area (Å²) in [7, 11) is 0. The molecular weight excluding hydrogens is 190 g/mol. The highest BCUT2D eigenvalue weighted by atomic mass is 35.5. The van der Waals surface area contributed by atoms with E-state index in [1.165, 1.54) is 11.4 Å². The van der Waals surface area contributed by atoms with Crippen molar-refractivity contribution in [3.8, 4) is 0 Å². The zero-order valence-corrected chi connectivity index (χ0v) is 8.66. The summed E-state index contributed by atoms with van der Waals surface area (Å²) in [6.07, 6.45) is 4.22. The Kier molecular flexibility index (Phi) is 2.13. The minimum Gasteiger partial charge on any atom is -0.250 e. The van der Waals surface area contributed by atoms with Crippen LogP contribution < -0.4 is 0 Å². The van der Waals surface area contributed by atoms with Crippen molar-refractivity contribution in [3.05, 3.63) is 16.6 Å². The molecule has 3 heteroatoms. The van der Waals surface area contributed by atoms with Crippen molar-refractivity contribution in [2.75, 3.05) is 5.88 Å². The molecule has 1 nitrogen and oxygen atoms in total. The van der Waals surface area contributed by atoms with Gasteiger partial charge in [-0.3, -0.25) is 0 Å². The normalized spacial score (nSPS) is 33.7. The van der Waals surface area contributed by atoms with Crippen LogP contribution in [-0.2, 0) is 6.42 Å². The van der Waals surface area contributed by atoms with E-state index in [1.54, 1.807) is 11.3 Å². The predicted octanol–water partition coefficient (Wildman–Crippen LogP) is 2.95. The first-order valence-corrected chi connectivity index (χ1v) is 5.62. The second-order valence-corrected chi connectivity index (χ2v) is 4.95. The van der Waals surface area contributed by atoms with E-state index in [-0.39, 0.29) is 0 Å². The highest BCUT2D eigenvalue weighted by molar-refractivity contribution is 7.09. The lowest BCUT2D eigenvalue weighted by Gasteiger charge is -2.09. The number of aromatic nitrogens is 1. The van der Waals surface area contributed by atoms with Gasteiger partial charge in [0, 0.05) is 23.9 Å². The molecular formula is C9H12ClNS. The summed E-state index contributed by atoms with van der Waals surface area (Å²) in [5.74, 6) is 1.58. The van der Waals surface area contributed by atoms with Gasteiger partial charge in [0.2, 0.25) is 0 Å². The van der Waals surface area contributed by atoms with Gasteiger partial charge in [-0.2, -0.15) is 0 Å². The molecule has 2 unspecified atom stereocenters. The van der Waals surface area contributed by atoms with Crippen molar-refractivity contribution in [2.45, 2.75) is 19.8 Å². The number of rotatable bonds is 3. The van der Waals surface area contributed by atoms with Crippen LogP contribution in [0.1, 0.15) is 18.4 Å². The molecule has 2 rings (SSSR count). The maximum atomic E-state index is 5.94. The molecule has 66 valence electrons. The third-order valence-corrected chi connectivity index (χ3v) is 4.16. The van der Waals surface area contributed by atoms with E-state index in [4.69, 9.17) is 11.6 Å². The molecule has 1 aromatic heterocycles. The lowest BCUT2D eigenvalue weighted by Crippen LogP contribution is -2.09. The lowest BCUT2D eigenvalue weighted by atomic mass is 10.0. The van der Waals surface area contributed by atoms with Crippen LogP contribution in [0, 0.1) is 11.3 Å². The Hall–Kier alpha value is -0.0800.